The average molecular weight is 353 g/mol. The van der Waals surface area contributed by atoms with Crippen molar-refractivity contribution in [2.75, 3.05) is 5.32 Å². The second-order valence-electron chi connectivity index (χ2n) is 7.79. The van der Waals surface area contributed by atoms with Crippen molar-refractivity contribution in [2.24, 2.45) is 23.7 Å². The highest BCUT2D eigenvalue weighted by atomic mass is 19.4. The van der Waals surface area contributed by atoms with Crippen LogP contribution in [0.1, 0.15) is 55.8 Å². The molecule has 4 fully saturated rings. The molecular weight excluding hydrogens is 331 g/mol. The van der Waals surface area contributed by atoms with Gasteiger partial charge in [0, 0.05) is 17.3 Å². The zero-order valence-electron chi connectivity index (χ0n) is 14.1. The Kier molecular flexibility index (Phi) is 4.00. The summed E-state index contributed by atoms with van der Waals surface area (Å²) in [6.45, 7) is 1.81. The molecule has 0 spiro atoms. The summed E-state index contributed by atoms with van der Waals surface area (Å²) in [5.74, 6) is -3.19. The van der Waals surface area contributed by atoms with Crippen LogP contribution < -0.4 is 5.32 Å². The van der Waals surface area contributed by atoms with Crippen LogP contribution in [0.15, 0.2) is 6.07 Å². The highest BCUT2D eigenvalue weighted by Gasteiger charge is 2.58. The maximum absolute atomic E-state index is 13.6. The summed E-state index contributed by atoms with van der Waals surface area (Å²) in [5.41, 5.74) is 1.60. The summed E-state index contributed by atoms with van der Waals surface area (Å²) >= 11 is 0. The van der Waals surface area contributed by atoms with Gasteiger partial charge < -0.3 is 0 Å². The zero-order chi connectivity index (χ0) is 17.8. The maximum atomic E-state index is 13.6. The average Bonchev–Trinajstić information content (AvgIpc) is 3.38. The first-order valence-corrected chi connectivity index (χ1v) is 9.06. The van der Waals surface area contributed by atoms with E-state index in [1.165, 1.54) is 0 Å². The van der Waals surface area contributed by atoms with E-state index in [1.54, 1.807) is 0 Å². The van der Waals surface area contributed by atoms with Crippen LogP contribution >= 0.6 is 0 Å². The van der Waals surface area contributed by atoms with Gasteiger partial charge >= 0.3 is 6.18 Å². The van der Waals surface area contributed by atoms with Gasteiger partial charge in [0.1, 0.15) is 0 Å². The summed E-state index contributed by atoms with van der Waals surface area (Å²) in [4.78, 5) is 21.3. The Labute approximate surface area is 144 Å². The fourth-order valence-corrected chi connectivity index (χ4v) is 4.73. The number of carbonyl (C=O) groups is 1. The van der Waals surface area contributed by atoms with Gasteiger partial charge in [0.2, 0.25) is 11.9 Å². The molecular formula is C18H22F3N3O. The molecule has 1 aromatic rings. The van der Waals surface area contributed by atoms with Gasteiger partial charge in [-0.25, -0.2) is 9.97 Å². The first-order chi connectivity index (χ1) is 11.8. The third kappa shape index (κ3) is 3.25. The molecule has 4 aliphatic rings. The SMILES string of the molecule is Cc1cc(C2CC2)nc(NC(=O)[C@H]2C3CCC(CC3)[C@@H]2C(F)(F)F)n1. The lowest BCUT2D eigenvalue weighted by molar-refractivity contribution is -0.227. The molecule has 4 nitrogen and oxygen atoms in total. The quantitative estimate of drug-likeness (QED) is 0.885. The Morgan fingerprint density at radius 1 is 1.08 bits per heavy atom. The molecule has 2 bridgehead atoms. The molecule has 25 heavy (non-hydrogen) atoms. The van der Waals surface area contributed by atoms with E-state index in [1.807, 2.05) is 13.0 Å². The molecule has 5 rings (SSSR count). The fourth-order valence-electron chi connectivity index (χ4n) is 4.73. The molecule has 0 aliphatic heterocycles. The van der Waals surface area contributed by atoms with E-state index in [0.717, 1.165) is 24.2 Å². The van der Waals surface area contributed by atoms with Gasteiger partial charge in [0.25, 0.3) is 0 Å². The largest absolute Gasteiger partial charge is 0.392 e. The monoisotopic (exact) mass is 353 g/mol. The summed E-state index contributed by atoms with van der Waals surface area (Å²) in [6, 6.07) is 1.88. The van der Waals surface area contributed by atoms with E-state index < -0.39 is 29.8 Å². The fraction of sp³-hybridized carbons (Fsp3) is 0.722. The second kappa shape index (κ2) is 5.95. The molecule has 0 radical (unpaired) electrons. The molecule has 4 saturated carbocycles. The molecule has 4 aliphatic carbocycles. The number of rotatable bonds is 3. The van der Waals surface area contributed by atoms with Crippen molar-refractivity contribution in [1.29, 1.82) is 0 Å². The normalized spacial score (nSPS) is 31.8. The van der Waals surface area contributed by atoms with E-state index >= 15 is 0 Å². The van der Waals surface area contributed by atoms with Gasteiger partial charge in [0.05, 0.1) is 11.8 Å². The number of halogens is 3. The predicted molar refractivity (Wildman–Crippen MR) is 85.9 cm³/mol. The topological polar surface area (TPSA) is 54.9 Å². The van der Waals surface area contributed by atoms with Crippen molar-refractivity contribution in [1.82, 2.24) is 9.97 Å². The number of hydrogen-bond acceptors (Lipinski definition) is 3. The van der Waals surface area contributed by atoms with Crippen LogP contribution in [-0.4, -0.2) is 22.1 Å². The lowest BCUT2D eigenvalue weighted by Gasteiger charge is -2.48. The Morgan fingerprint density at radius 2 is 1.72 bits per heavy atom. The molecule has 1 N–H and O–H groups in total. The van der Waals surface area contributed by atoms with Crippen LogP contribution in [0.2, 0.25) is 0 Å². The lowest BCUT2D eigenvalue weighted by Crippen LogP contribution is -2.51. The van der Waals surface area contributed by atoms with Crippen molar-refractivity contribution in [2.45, 2.75) is 57.5 Å². The highest BCUT2D eigenvalue weighted by molar-refractivity contribution is 5.91. The molecule has 0 saturated heterocycles. The van der Waals surface area contributed by atoms with E-state index in [0.29, 0.717) is 31.6 Å². The van der Waals surface area contributed by atoms with Crippen LogP contribution in [0.4, 0.5) is 19.1 Å². The van der Waals surface area contributed by atoms with Crippen LogP contribution in [-0.2, 0) is 4.79 Å². The number of anilines is 1. The summed E-state index contributed by atoms with van der Waals surface area (Å²) < 4.78 is 40.7. The first-order valence-electron chi connectivity index (χ1n) is 9.06. The number of nitrogens with zero attached hydrogens (tertiary/aromatic N) is 2. The Morgan fingerprint density at radius 3 is 2.32 bits per heavy atom. The third-order valence-electron chi connectivity index (χ3n) is 6.00. The Hall–Kier alpha value is -1.66. The number of aryl methyl sites for hydroxylation is 1. The number of amides is 1. The van der Waals surface area contributed by atoms with Crippen LogP contribution in [0.25, 0.3) is 0 Å². The minimum Gasteiger partial charge on any atom is -0.294 e. The molecule has 1 aromatic heterocycles. The number of hydrogen-bond donors (Lipinski definition) is 1. The number of carbonyl (C=O) groups excluding carboxylic acids is 1. The number of fused-ring (bicyclic) bond motifs is 3. The summed E-state index contributed by atoms with van der Waals surface area (Å²) in [5, 5.41) is 2.60. The standard InChI is InChI=1S/C18H22F3N3O/c1-9-8-13(10-2-3-10)23-17(22-9)24-16(25)14-11-4-6-12(7-5-11)15(14)18(19,20)21/h8,10-12,14-15H,2-7H2,1H3,(H,22,23,24,25)/t11?,12?,14-,15-/m0/s1. The molecule has 0 aromatic carbocycles. The van der Waals surface area contributed by atoms with Crippen LogP contribution in [0, 0.1) is 30.6 Å². The van der Waals surface area contributed by atoms with Crippen molar-refractivity contribution in [3.05, 3.63) is 17.5 Å². The first kappa shape index (κ1) is 16.8. The van der Waals surface area contributed by atoms with E-state index in [2.05, 4.69) is 15.3 Å². The summed E-state index contributed by atoms with van der Waals surface area (Å²) in [6.07, 6.45) is 0.350. The van der Waals surface area contributed by atoms with Gasteiger partial charge in [-0.05, 0) is 63.4 Å². The van der Waals surface area contributed by atoms with E-state index in [9.17, 15) is 18.0 Å². The highest BCUT2D eigenvalue weighted by Crippen LogP contribution is 2.54. The van der Waals surface area contributed by atoms with Gasteiger partial charge in [0.15, 0.2) is 0 Å². The minimum absolute atomic E-state index is 0.147. The predicted octanol–water partition coefficient (Wildman–Crippen LogP) is 4.22. The second-order valence-corrected chi connectivity index (χ2v) is 7.79. The lowest BCUT2D eigenvalue weighted by atomic mass is 9.58. The molecule has 0 unspecified atom stereocenters. The zero-order valence-corrected chi connectivity index (χ0v) is 14.1. The Balaban J connectivity index is 1.57. The number of aromatic nitrogens is 2. The molecule has 1 amide bonds. The van der Waals surface area contributed by atoms with Crippen molar-refractivity contribution in [3.8, 4) is 0 Å². The van der Waals surface area contributed by atoms with Gasteiger partial charge in [-0.2, -0.15) is 13.2 Å². The minimum atomic E-state index is -4.33. The van der Waals surface area contributed by atoms with Gasteiger partial charge in [-0.3, -0.25) is 10.1 Å². The number of alkyl halides is 3. The van der Waals surface area contributed by atoms with Crippen molar-refractivity contribution in [3.63, 3.8) is 0 Å². The number of nitrogens with one attached hydrogen (secondary N) is 1. The third-order valence-corrected chi connectivity index (χ3v) is 6.00. The van der Waals surface area contributed by atoms with Crippen LogP contribution in [0.3, 0.4) is 0 Å². The molecule has 2 atom stereocenters. The molecule has 7 heteroatoms. The van der Waals surface area contributed by atoms with Gasteiger partial charge in [-0.1, -0.05) is 0 Å². The van der Waals surface area contributed by atoms with Crippen LogP contribution in [0.5, 0.6) is 0 Å². The summed E-state index contributed by atoms with van der Waals surface area (Å²) in [7, 11) is 0. The van der Waals surface area contributed by atoms with Gasteiger partial charge in [-0.15, -0.1) is 0 Å². The molecule has 136 valence electrons. The molecule has 1 heterocycles. The van der Waals surface area contributed by atoms with E-state index in [-0.39, 0.29) is 11.9 Å². The maximum Gasteiger partial charge on any atom is 0.392 e. The van der Waals surface area contributed by atoms with E-state index in [4.69, 9.17) is 0 Å². The van der Waals surface area contributed by atoms with Crippen molar-refractivity contribution >= 4 is 11.9 Å². The smallest absolute Gasteiger partial charge is 0.294 e. The Bertz CT molecular complexity index is 679. The van der Waals surface area contributed by atoms with Crippen molar-refractivity contribution < 1.29 is 18.0 Å².